The van der Waals surface area contributed by atoms with E-state index in [-0.39, 0.29) is 0 Å². The lowest BCUT2D eigenvalue weighted by molar-refractivity contribution is 0.272. The van der Waals surface area contributed by atoms with Gasteiger partial charge in [-0.1, -0.05) is 48.0 Å². The fraction of sp³-hybridized carbons (Fsp3) is 0.167. The molecule has 0 unspecified atom stereocenters. The maximum Gasteiger partial charge on any atom is 0.137 e. The van der Waals surface area contributed by atoms with E-state index in [1.54, 1.807) is 0 Å². The van der Waals surface area contributed by atoms with Gasteiger partial charge in [0.05, 0.1) is 30.7 Å². The Hall–Kier alpha value is -3.31. The van der Waals surface area contributed by atoms with E-state index in [1.165, 1.54) is 5.69 Å². The molecule has 1 fully saturated rings. The molecule has 30 heavy (non-hydrogen) atoms. The van der Waals surface area contributed by atoms with Crippen molar-refractivity contribution in [2.75, 3.05) is 31.1 Å². The van der Waals surface area contributed by atoms with Crippen molar-refractivity contribution in [2.45, 2.75) is 0 Å². The lowest BCUT2D eigenvalue weighted by Crippen LogP contribution is -2.44. The van der Waals surface area contributed by atoms with Gasteiger partial charge in [0.2, 0.25) is 0 Å². The van der Waals surface area contributed by atoms with Crippen LogP contribution in [0.15, 0.2) is 84.1 Å². The minimum Gasteiger partial charge on any atom is -0.368 e. The zero-order chi connectivity index (χ0) is 20.3. The van der Waals surface area contributed by atoms with Gasteiger partial charge in [-0.2, -0.15) is 5.10 Å². The SMILES string of the molecule is Clc1ccc(N2CCN(/N=C\c3c(-c4ccccc4)nc4ccccn34)CC2)cc1. The summed E-state index contributed by atoms with van der Waals surface area (Å²) in [5.74, 6) is 0. The van der Waals surface area contributed by atoms with Crippen LogP contribution in [0.2, 0.25) is 5.02 Å². The van der Waals surface area contributed by atoms with Crippen molar-refractivity contribution < 1.29 is 0 Å². The summed E-state index contributed by atoms with van der Waals surface area (Å²) in [6.45, 7) is 3.60. The molecule has 5 nitrogen and oxygen atoms in total. The number of benzene rings is 2. The van der Waals surface area contributed by atoms with Crippen molar-refractivity contribution in [1.29, 1.82) is 0 Å². The third kappa shape index (κ3) is 3.76. The molecule has 2 aromatic carbocycles. The Balaban J connectivity index is 1.36. The molecule has 5 rings (SSSR count). The number of piperazine rings is 1. The molecule has 0 atom stereocenters. The number of hydrogen-bond donors (Lipinski definition) is 0. The maximum absolute atomic E-state index is 6.01. The van der Waals surface area contributed by atoms with E-state index in [0.717, 1.165) is 53.8 Å². The maximum atomic E-state index is 6.01. The minimum absolute atomic E-state index is 0.768. The van der Waals surface area contributed by atoms with Crippen molar-refractivity contribution >= 4 is 29.2 Å². The molecule has 1 saturated heterocycles. The molecule has 4 aromatic rings. The molecule has 0 aliphatic carbocycles. The summed E-state index contributed by atoms with van der Waals surface area (Å²) >= 11 is 6.01. The second kappa shape index (κ2) is 8.20. The van der Waals surface area contributed by atoms with Crippen LogP contribution in [0.4, 0.5) is 5.69 Å². The van der Waals surface area contributed by atoms with Crippen LogP contribution in [0.3, 0.4) is 0 Å². The summed E-state index contributed by atoms with van der Waals surface area (Å²) in [4.78, 5) is 7.21. The van der Waals surface area contributed by atoms with Crippen molar-refractivity contribution in [3.63, 3.8) is 0 Å². The molecule has 0 saturated carbocycles. The molecule has 2 aromatic heterocycles. The van der Waals surface area contributed by atoms with Crippen LogP contribution in [-0.2, 0) is 0 Å². The predicted octanol–water partition coefficient (Wildman–Crippen LogP) is 4.81. The molecule has 0 spiro atoms. The van der Waals surface area contributed by atoms with Crippen LogP contribution in [0.5, 0.6) is 0 Å². The highest BCUT2D eigenvalue weighted by molar-refractivity contribution is 6.30. The molecule has 3 heterocycles. The number of fused-ring (bicyclic) bond motifs is 1. The first kappa shape index (κ1) is 18.7. The summed E-state index contributed by atoms with van der Waals surface area (Å²) in [5.41, 5.74) is 5.17. The number of hydrogen-bond acceptors (Lipinski definition) is 4. The van der Waals surface area contributed by atoms with E-state index in [9.17, 15) is 0 Å². The summed E-state index contributed by atoms with van der Waals surface area (Å²) in [5, 5.41) is 7.70. The Morgan fingerprint density at radius 1 is 0.833 bits per heavy atom. The smallest absolute Gasteiger partial charge is 0.137 e. The Kier molecular flexibility index (Phi) is 5.11. The molecule has 150 valence electrons. The summed E-state index contributed by atoms with van der Waals surface area (Å²) < 4.78 is 2.09. The van der Waals surface area contributed by atoms with Gasteiger partial charge >= 0.3 is 0 Å². The van der Waals surface area contributed by atoms with Crippen molar-refractivity contribution in [2.24, 2.45) is 5.10 Å². The number of halogens is 1. The van der Waals surface area contributed by atoms with Crippen LogP contribution in [-0.4, -0.2) is 46.8 Å². The zero-order valence-corrected chi connectivity index (χ0v) is 17.3. The minimum atomic E-state index is 0.768. The highest BCUT2D eigenvalue weighted by atomic mass is 35.5. The first-order valence-corrected chi connectivity index (χ1v) is 10.5. The molecule has 0 N–H and O–H groups in total. The zero-order valence-electron chi connectivity index (χ0n) is 16.5. The summed E-state index contributed by atoms with van der Waals surface area (Å²) in [6.07, 6.45) is 3.98. The number of nitrogens with zero attached hydrogens (tertiary/aromatic N) is 5. The first-order valence-electron chi connectivity index (χ1n) is 10.1. The van der Waals surface area contributed by atoms with Crippen LogP contribution in [0.25, 0.3) is 16.9 Å². The second-order valence-corrected chi connectivity index (χ2v) is 7.74. The van der Waals surface area contributed by atoms with Gasteiger partial charge in [0.1, 0.15) is 5.65 Å². The Morgan fingerprint density at radius 3 is 2.33 bits per heavy atom. The molecule has 1 aliphatic heterocycles. The predicted molar refractivity (Wildman–Crippen MR) is 123 cm³/mol. The number of anilines is 1. The normalized spacial score (nSPS) is 14.7. The monoisotopic (exact) mass is 415 g/mol. The van der Waals surface area contributed by atoms with E-state index in [0.29, 0.717) is 0 Å². The molecule has 6 heteroatoms. The Labute approximate surface area is 180 Å². The van der Waals surface area contributed by atoms with E-state index < -0.39 is 0 Å². The van der Waals surface area contributed by atoms with Gasteiger partial charge in [-0.05, 0) is 36.4 Å². The van der Waals surface area contributed by atoms with Gasteiger partial charge in [-0.3, -0.25) is 9.41 Å². The third-order valence-electron chi connectivity index (χ3n) is 5.41. The largest absolute Gasteiger partial charge is 0.368 e. The van der Waals surface area contributed by atoms with Crippen LogP contribution < -0.4 is 4.90 Å². The molecule has 0 bridgehead atoms. The second-order valence-electron chi connectivity index (χ2n) is 7.30. The number of aromatic nitrogens is 2. The van der Waals surface area contributed by atoms with Gasteiger partial charge in [0.15, 0.2) is 0 Å². The number of rotatable bonds is 4. The van der Waals surface area contributed by atoms with Crippen LogP contribution >= 0.6 is 11.6 Å². The molecule has 0 radical (unpaired) electrons. The number of hydrazone groups is 1. The topological polar surface area (TPSA) is 36.1 Å². The van der Waals surface area contributed by atoms with Gasteiger partial charge < -0.3 is 4.90 Å². The number of pyridine rings is 1. The average Bonchev–Trinajstić information content (AvgIpc) is 3.18. The van der Waals surface area contributed by atoms with Gasteiger partial charge in [0.25, 0.3) is 0 Å². The third-order valence-corrected chi connectivity index (χ3v) is 5.66. The van der Waals surface area contributed by atoms with Gasteiger partial charge in [-0.15, -0.1) is 0 Å². The Morgan fingerprint density at radius 2 is 1.57 bits per heavy atom. The van der Waals surface area contributed by atoms with E-state index in [2.05, 4.69) is 38.6 Å². The molecular formula is C24H22ClN5. The lowest BCUT2D eigenvalue weighted by atomic mass is 10.1. The van der Waals surface area contributed by atoms with Crippen molar-refractivity contribution in [3.05, 3.63) is 89.7 Å². The summed E-state index contributed by atoms with van der Waals surface area (Å²) in [6, 6.07) is 24.4. The highest BCUT2D eigenvalue weighted by Gasteiger charge is 2.17. The Bertz CT molecular complexity index is 1160. The average molecular weight is 416 g/mol. The van der Waals surface area contributed by atoms with Crippen LogP contribution in [0.1, 0.15) is 5.69 Å². The summed E-state index contributed by atoms with van der Waals surface area (Å²) in [7, 11) is 0. The lowest BCUT2D eigenvalue weighted by Gasteiger charge is -2.34. The van der Waals surface area contributed by atoms with E-state index >= 15 is 0 Å². The van der Waals surface area contributed by atoms with Crippen molar-refractivity contribution in [3.8, 4) is 11.3 Å². The fourth-order valence-electron chi connectivity index (χ4n) is 3.80. The molecular weight excluding hydrogens is 394 g/mol. The van der Waals surface area contributed by atoms with E-state index in [1.807, 2.05) is 60.9 Å². The fourth-order valence-corrected chi connectivity index (χ4v) is 3.93. The molecule has 0 amide bonds. The van der Waals surface area contributed by atoms with E-state index in [4.69, 9.17) is 21.7 Å². The van der Waals surface area contributed by atoms with Gasteiger partial charge in [0, 0.05) is 35.6 Å². The van der Waals surface area contributed by atoms with Gasteiger partial charge in [-0.25, -0.2) is 4.98 Å². The highest BCUT2D eigenvalue weighted by Crippen LogP contribution is 2.24. The van der Waals surface area contributed by atoms with Crippen LogP contribution in [0, 0.1) is 0 Å². The number of imidazole rings is 1. The first-order chi connectivity index (χ1) is 14.8. The molecule has 1 aliphatic rings. The standard InChI is InChI=1S/C24H22ClN5/c25-20-9-11-21(12-10-20)28-14-16-29(17-15-28)26-18-22-24(19-6-2-1-3-7-19)27-23-8-4-5-13-30(22)23/h1-13,18H,14-17H2/b26-18-. The quantitative estimate of drug-likeness (QED) is 0.449. The van der Waals surface area contributed by atoms with Crippen molar-refractivity contribution in [1.82, 2.24) is 14.4 Å².